The third-order valence-corrected chi connectivity index (χ3v) is 2.43. The largest absolute Gasteiger partial charge is 0.493 e. The van der Waals surface area contributed by atoms with Crippen LogP contribution in [0.3, 0.4) is 0 Å². The number of hydrogen-bond acceptors (Lipinski definition) is 1. The zero-order valence-electron chi connectivity index (χ0n) is 8.14. The molecule has 13 heavy (non-hydrogen) atoms. The fourth-order valence-corrected chi connectivity index (χ4v) is 1.43. The molecule has 0 aromatic heterocycles. The number of ether oxygens (including phenoxy) is 1. The molecule has 1 aromatic rings. The molecule has 1 nitrogen and oxygen atoms in total. The molecular weight excluding hydrogens is 228 g/mol. The van der Waals surface area contributed by atoms with Crippen LogP contribution in [0, 0.1) is 13.8 Å². The molecule has 0 bridgehead atoms. The molecule has 0 saturated heterocycles. The first-order valence-corrected chi connectivity index (χ1v) is 5.62. The van der Waals surface area contributed by atoms with Crippen molar-refractivity contribution in [3.8, 4) is 5.75 Å². The van der Waals surface area contributed by atoms with Gasteiger partial charge in [-0.3, -0.25) is 0 Å². The van der Waals surface area contributed by atoms with Gasteiger partial charge in [-0.25, -0.2) is 0 Å². The zero-order valence-corrected chi connectivity index (χ0v) is 9.73. The number of benzene rings is 1. The van der Waals surface area contributed by atoms with Crippen molar-refractivity contribution >= 4 is 15.9 Å². The van der Waals surface area contributed by atoms with E-state index >= 15 is 0 Å². The SMILES string of the molecule is Cc1ccc(OCCCBr)c(C)c1. The molecule has 0 N–H and O–H groups in total. The van der Waals surface area contributed by atoms with Crippen LogP contribution in [0.2, 0.25) is 0 Å². The Bertz CT molecular complexity index is 271. The third-order valence-electron chi connectivity index (χ3n) is 1.87. The molecule has 1 rings (SSSR count). The number of aryl methyl sites for hydroxylation is 2. The van der Waals surface area contributed by atoms with Crippen molar-refractivity contribution < 1.29 is 4.74 Å². The molecule has 0 atom stereocenters. The summed E-state index contributed by atoms with van der Waals surface area (Å²) in [6, 6.07) is 6.26. The van der Waals surface area contributed by atoms with Gasteiger partial charge < -0.3 is 4.74 Å². The van der Waals surface area contributed by atoms with Crippen LogP contribution in [0.15, 0.2) is 18.2 Å². The van der Waals surface area contributed by atoms with Gasteiger partial charge >= 0.3 is 0 Å². The van der Waals surface area contributed by atoms with Crippen LogP contribution in [0.4, 0.5) is 0 Å². The van der Waals surface area contributed by atoms with Crippen LogP contribution in [-0.4, -0.2) is 11.9 Å². The van der Waals surface area contributed by atoms with Crippen LogP contribution >= 0.6 is 15.9 Å². The Balaban J connectivity index is 2.56. The minimum atomic E-state index is 0.787. The second-order valence-corrected chi connectivity index (χ2v) is 3.95. The summed E-state index contributed by atoms with van der Waals surface area (Å²) in [6.45, 7) is 4.96. The van der Waals surface area contributed by atoms with Gasteiger partial charge in [-0.15, -0.1) is 0 Å². The summed E-state index contributed by atoms with van der Waals surface area (Å²) in [5.74, 6) is 1.01. The van der Waals surface area contributed by atoms with E-state index < -0.39 is 0 Å². The molecule has 2 heteroatoms. The fourth-order valence-electron chi connectivity index (χ4n) is 1.20. The van der Waals surface area contributed by atoms with Gasteiger partial charge in [0.25, 0.3) is 0 Å². The lowest BCUT2D eigenvalue weighted by Gasteiger charge is -2.08. The van der Waals surface area contributed by atoms with Crippen LogP contribution < -0.4 is 4.74 Å². The summed E-state index contributed by atoms with van der Waals surface area (Å²) in [5.41, 5.74) is 2.50. The summed E-state index contributed by atoms with van der Waals surface area (Å²) in [4.78, 5) is 0. The van der Waals surface area contributed by atoms with Gasteiger partial charge in [-0.2, -0.15) is 0 Å². The Morgan fingerprint density at radius 3 is 2.69 bits per heavy atom. The summed E-state index contributed by atoms with van der Waals surface area (Å²) in [7, 11) is 0. The van der Waals surface area contributed by atoms with Gasteiger partial charge in [0.15, 0.2) is 0 Å². The predicted molar refractivity (Wildman–Crippen MR) is 59.8 cm³/mol. The van der Waals surface area contributed by atoms with E-state index in [1.807, 2.05) is 6.07 Å². The molecule has 0 aliphatic carbocycles. The molecule has 0 aliphatic heterocycles. The number of alkyl halides is 1. The maximum absolute atomic E-state index is 5.60. The number of rotatable bonds is 4. The first kappa shape index (κ1) is 10.6. The van der Waals surface area contributed by atoms with Crippen molar-refractivity contribution in [3.05, 3.63) is 29.3 Å². The van der Waals surface area contributed by atoms with Crippen LogP contribution in [-0.2, 0) is 0 Å². The van der Waals surface area contributed by atoms with Crippen molar-refractivity contribution in [3.63, 3.8) is 0 Å². The highest BCUT2D eigenvalue weighted by Gasteiger charge is 1.98. The lowest BCUT2D eigenvalue weighted by atomic mass is 10.1. The Morgan fingerprint density at radius 1 is 1.31 bits per heavy atom. The Kier molecular flexibility index (Phi) is 4.29. The highest BCUT2D eigenvalue weighted by atomic mass is 79.9. The average Bonchev–Trinajstić information content (AvgIpc) is 2.09. The van der Waals surface area contributed by atoms with Gasteiger partial charge in [0.2, 0.25) is 0 Å². The van der Waals surface area contributed by atoms with Crippen molar-refractivity contribution in [1.29, 1.82) is 0 Å². The monoisotopic (exact) mass is 242 g/mol. The molecule has 0 amide bonds. The van der Waals surface area contributed by atoms with E-state index in [1.165, 1.54) is 11.1 Å². The van der Waals surface area contributed by atoms with E-state index in [2.05, 4.69) is 41.9 Å². The van der Waals surface area contributed by atoms with Crippen molar-refractivity contribution in [1.82, 2.24) is 0 Å². The number of hydrogen-bond donors (Lipinski definition) is 0. The molecule has 0 spiro atoms. The zero-order chi connectivity index (χ0) is 9.68. The topological polar surface area (TPSA) is 9.23 Å². The normalized spacial score (nSPS) is 10.1. The molecule has 0 unspecified atom stereocenters. The maximum atomic E-state index is 5.60. The minimum Gasteiger partial charge on any atom is -0.493 e. The van der Waals surface area contributed by atoms with Crippen molar-refractivity contribution in [2.75, 3.05) is 11.9 Å². The van der Waals surface area contributed by atoms with Gasteiger partial charge in [0.1, 0.15) is 5.75 Å². The maximum Gasteiger partial charge on any atom is 0.122 e. The van der Waals surface area contributed by atoms with Crippen molar-refractivity contribution in [2.24, 2.45) is 0 Å². The van der Waals surface area contributed by atoms with E-state index in [0.717, 1.165) is 24.1 Å². The summed E-state index contributed by atoms with van der Waals surface area (Å²) in [6.07, 6.45) is 1.05. The Labute approximate surface area is 88.2 Å². The van der Waals surface area contributed by atoms with Gasteiger partial charge in [-0.1, -0.05) is 33.6 Å². The summed E-state index contributed by atoms with van der Waals surface area (Å²) < 4.78 is 5.60. The Morgan fingerprint density at radius 2 is 2.08 bits per heavy atom. The third kappa shape index (κ3) is 3.39. The molecule has 0 fully saturated rings. The van der Waals surface area contributed by atoms with E-state index in [-0.39, 0.29) is 0 Å². The van der Waals surface area contributed by atoms with E-state index in [9.17, 15) is 0 Å². The Hall–Kier alpha value is -0.500. The van der Waals surface area contributed by atoms with Crippen LogP contribution in [0.25, 0.3) is 0 Å². The van der Waals surface area contributed by atoms with Gasteiger partial charge in [0, 0.05) is 5.33 Å². The standard InChI is InChI=1S/C11H15BrO/c1-9-4-5-11(10(2)8-9)13-7-3-6-12/h4-5,8H,3,6-7H2,1-2H3. The molecule has 0 heterocycles. The average molecular weight is 243 g/mol. The van der Waals surface area contributed by atoms with E-state index in [0.29, 0.717) is 0 Å². The minimum absolute atomic E-state index is 0.787. The first-order valence-electron chi connectivity index (χ1n) is 4.50. The first-order chi connectivity index (χ1) is 6.24. The van der Waals surface area contributed by atoms with E-state index in [4.69, 9.17) is 4.74 Å². The van der Waals surface area contributed by atoms with Gasteiger partial charge in [0.05, 0.1) is 6.61 Å². The molecule has 1 aromatic carbocycles. The van der Waals surface area contributed by atoms with E-state index in [1.54, 1.807) is 0 Å². The summed E-state index contributed by atoms with van der Waals surface area (Å²) in [5, 5.41) is 0.998. The van der Waals surface area contributed by atoms with Crippen LogP contribution in [0.5, 0.6) is 5.75 Å². The van der Waals surface area contributed by atoms with Gasteiger partial charge in [-0.05, 0) is 31.9 Å². The lowest BCUT2D eigenvalue weighted by molar-refractivity contribution is 0.317. The quantitative estimate of drug-likeness (QED) is 0.581. The molecule has 0 aliphatic rings. The molecule has 0 radical (unpaired) electrons. The van der Waals surface area contributed by atoms with Crippen LogP contribution in [0.1, 0.15) is 17.5 Å². The molecule has 72 valence electrons. The highest BCUT2D eigenvalue weighted by molar-refractivity contribution is 9.09. The molecular formula is C11H15BrO. The highest BCUT2D eigenvalue weighted by Crippen LogP contribution is 2.18. The predicted octanol–water partition coefficient (Wildman–Crippen LogP) is 3.47. The molecule has 0 saturated carbocycles. The number of halogens is 1. The second kappa shape index (κ2) is 5.28. The van der Waals surface area contributed by atoms with Crippen molar-refractivity contribution in [2.45, 2.75) is 20.3 Å². The fraction of sp³-hybridized carbons (Fsp3) is 0.455. The summed E-state index contributed by atoms with van der Waals surface area (Å²) >= 11 is 3.37. The smallest absolute Gasteiger partial charge is 0.122 e. The second-order valence-electron chi connectivity index (χ2n) is 3.16. The lowest BCUT2D eigenvalue weighted by Crippen LogP contribution is -1.99.